The predicted molar refractivity (Wildman–Crippen MR) is 92.8 cm³/mol. The molecule has 10 heteroatoms. The fraction of sp³-hybridized carbons (Fsp3) is 0.533. The van der Waals surface area contributed by atoms with Crippen molar-refractivity contribution in [3.8, 4) is 11.5 Å². The van der Waals surface area contributed by atoms with Crippen molar-refractivity contribution in [3.05, 3.63) is 27.8 Å². The maximum Gasteiger partial charge on any atom is 0.276 e. The molecule has 0 bridgehead atoms. The number of ether oxygens (including phenoxy) is 3. The van der Waals surface area contributed by atoms with E-state index in [0.29, 0.717) is 43.2 Å². The summed E-state index contributed by atoms with van der Waals surface area (Å²) in [6.07, 6.45) is 0.302. The Morgan fingerprint density at radius 3 is 2.64 bits per heavy atom. The molecule has 25 heavy (non-hydrogen) atoms. The monoisotopic (exact) mass is 375 g/mol. The molecule has 0 radical (unpaired) electrons. The number of nitrogens with zero attached hydrogens (tertiary/aromatic N) is 1. The van der Waals surface area contributed by atoms with Gasteiger partial charge in [0.25, 0.3) is 5.69 Å². The summed E-state index contributed by atoms with van der Waals surface area (Å²) in [4.78, 5) is 22.8. The second-order valence-corrected chi connectivity index (χ2v) is 5.22. The molecule has 2 rings (SSSR count). The second-order valence-electron chi connectivity index (χ2n) is 5.22. The lowest BCUT2D eigenvalue weighted by Gasteiger charge is -2.22. The van der Waals surface area contributed by atoms with Gasteiger partial charge in [0.1, 0.15) is 6.04 Å². The molecule has 1 aliphatic rings. The summed E-state index contributed by atoms with van der Waals surface area (Å²) in [5.41, 5.74) is 0.395. The first-order valence-corrected chi connectivity index (χ1v) is 7.55. The van der Waals surface area contributed by atoms with E-state index in [0.717, 1.165) is 0 Å². The zero-order valence-corrected chi connectivity index (χ0v) is 14.9. The van der Waals surface area contributed by atoms with Gasteiger partial charge in [-0.2, -0.15) is 0 Å². The number of methoxy groups -OCH3 is 2. The largest absolute Gasteiger partial charge is 0.493 e. The Hall–Kier alpha value is -2.10. The van der Waals surface area contributed by atoms with Crippen LogP contribution in [-0.2, 0) is 16.0 Å². The summed E-state index contributed by atoms with van der Waals surface area (Å²) in [5.74, 6) is 0.519. The number of morpholine rings is 1. The summed E-state index contributed by atoms with van der Waals surface area (Å²) in [6.45, 7) is 1.80. The number of hydrogen-bond donors (Lipinski definition) is 2. The van der Waals surface area contributed by atoms with Gasteiger partial charge in [0.2, 0.25) is 5.91 Å². The van der Waals surface area contributed by atoms with Crippen LogP contribution in [0.3, 0.4) is 0 Å². The number of carbonyl (C=O) groups is 1. The number of nitro benzene ring substituents is 1. The summed E-state index contributed by atoms with van der Waals surface area (Å²) in [6, 6.07) is 2.50. The topological polar surface area (TPSA) is 112 Å². The number of nitrogens with one attached hydrogen (secondary N) is 2. The normalized spacial score (nSPS) is 16.5. The molecule has 0 aliphatic carbocycles. The Bertz CT molecular complexity index is 607. The molecule has 9 nitrogen and oxygen atoms in total. The minimum atomic E-state index is -0.477. The third kappa shape index (κ3) is 5.45. The van der Waals surface area contributed by atoms with Crippen LogP contribution >= 0.6 is 12.4 Å². The number of nitro groups is 1. The molecular weight excluding hydrogens is 354 g/mol. The summed E-state index contributed by atoms with van der Waals surface area (Å²) in [5, 5.41) is 17.0. The van der Waals surface area contributed by atoms with Crippen molar-refractivity contribution < 1.29 is 23.9 Å². The van der Waals surface area contributed by atoms with E-state index in [1.165, 1.54) is 20.3 Å². The van der Waals surface area contributed by atoms with E-state index < -0.39 is 4.92 Å². The Morgan fingerprint density at radius 2 is 2.08 bits per heavy atom. The number of benzene rings is 1. The van der Waals surface area contributed by atoms with Gasteiger partial charge in [0.15, 0.2) is 11.5 Å². The fourth-order valence-electron chi connectivity index (χ4n) is 2.46. The van der Waals surface area contributed by atoms with Crippen LogP contribution in [0.2, 0.25) is 0 Å². The Balaban J connectivity index is 0.00000312. The second kappa shape index (κ2) is 10.0. The van der Waals surface area contributed by atoms with Crippen molar-refractivity contribution in [1.29, 1.82) is 0 Å². The number of halogens is 1. The zero-order chi connectivity index (χ0) is 17.5. The van der Waals surface area contributed by atoms with Gasteiger partial charge >= 0.3 is 0 Å². The molecule has 1 fully saturated rings. The van der Waals surface area contributed by atoms with Crippen LogP contribution in [0.5, 0.6) is 11.5 Å². The quantitative estimate of drug-likeness (QED) is 0.532. The lowest BCUT2D eigenvalue weighted by atomic mass is 10.1. The highest BCUT2D eigenvalue weighted by Gasteiger charge is 2.22. The SMILES string of the molecule is COc1cc(CCNC(=O)C2COCCN2)c([N+](=O)[O-])cc1OC.Cl. The first-order valence-electron chi connectivity index (χ1n) is 7.55. The van der Waals surface area contributed by atoms with Crippen molar-refractivity contribution in [1.82, 2.24) is 10.6 Å². The minimum Gasteiger partial charge on any atom is -0.493 e. The smallest absolute Gasteiger partial charge is 0.276 e. The van der Waals surface area contributed by atoms with Crippen LogP contribution < -0.4 is 20.1 Å². The van der Waals surface area contributed by atoms with Crippen LogP contribution in [0.4, 0.5) is 5.69 Å². The molecule has 1 saturated heterocycles. The molecule has 0 aromatic heterocycles. The standard InChI is InChI=1S/C15H21N3O6.ClH/c1-22-13-7-10(12(18(20)21)8-14(13)23-2)3-4-17-15(19)11-9-24-6-5-16-11;/h7-8,11,16H,3-6,9H2,1-2H3,(H,17,19);1H. The molecule has 2 N–H and O–H groups in total. The van der Waals surface area contributed by atoms with Gasteiger partial charge in [0.05, 0.1) is 38.4 Å². The molecule has 140 valence electrons. The van der Waals surface area contributed by atoms with Gasteiger partial charge in [-0.3, -0.25) is 14.9 Å². The lowest BCUT2D eigenvalue weighted by molar-refractivity contribution is -0.385. The highest BCUT2D eigenvalue weighted by Crippen LogP contribution is 2.34. The van der Waals surface area contributed by atoms with E-state index in [4.69, 9.17) is 14.2 Å². The lowest BCUT2D eigenvalue weighted by Crippen LogP contribution is -2.51. The Labute approximate surface area is 151 Å². The maximum atomic E-state index is 12.0. The van der Waals surface area contributed by atoms with E-state index in [9.17, 15) is 14.9 Å². The first-order chi connectivity index (χ1) is 11.6. The minimum absolute atomic E-state index is 0. The van der Waals surface area contributed by atoms with Gasteiger partial charge in [0, 0.05) is 18.7 Å². The molecule has 1 heterocycles. The highest BCUT2D eigenvalue weighted by molar-refractivity contribution is 5.85. The number of amides is 1. The average Bonchev–Trinajstić information content (AvgIpc) is 2.61. The molecule has 0 spiro atoms. The van der Waals surface area contributed by atoms with Crippen molar-refractivity contribution in [2.24, 2.45) is 0 Å². The third-order valence-corrected chi connectivity index (χ3v) is 3.71. The van der Waals surface area contributed by atoms with Crippen LogP contribution in [0.25, 0.3) is 0 Å². The van der Waals surface area contributed by atoms with Gasteiger partial charge in [-0.1, -0.05) is 0 Å². The van der Waals surface area contributed by atoms with Gasteiger partial charge in [-0.25, -0.2) is 0 Å². The zero-order valence-electron chi connectivity index (χ0n) is 14.1. The molecule has 1 aromatic rings. The molecule has 0 saturated carbocycles. The van der Waals surface area contributed by atoms with Gasteiger partial charge < -0.3 is 24.8 Å². The van der Waals surface area contributed by atoms with E-state index in [2.05, 4.69) is 10.6 Å². The average molecular weight is 376 g/mol. The summed E-state index contributed by atoms with van der Waals surface area (Å²) < 4.78 is 15.5. The van der Waals surface area contributed by atoms with Crippen LogP contribution in [0, 0.1) is 10.1 Å². The van der Waals surface area contributed by atoms with Crippen LogP contribution in [0.15, 0.2) is 12.1 Å². The molecule has 1 atom stereocenters. The number of carbonyl (C=O) groups excluding carboxylic acids is 1. The molecule has 1 amide bonds. The van der Waals surface area contributed by atoms with E-state index in [-0.39, 0.29) is 36.6 Å². The fourth-order valence-corrected chi connectivity index (χ4v) is 2.46. The Morgan fingerprint density at radius 1 is 1.40 bits per heavy atom. The maximum absolute atomic E-state index is 12.0. The van der Waals surface area contributed by atoms with Crippen LogP contribution in [0.1, 0.15) is 5.56 Å². The summed E-state index contributed by atoms with van der Waals surface area (Å²) >= 11 is 0. The van der Waals surface area contributed by atoms with Gasteiger partial charge in [-0.15, -0.1) is 12.4 Å². The van der Waals surface area contributed by atoms with E-state index in [1.54, 1.807) is 6.07 Å². The molecular formula is C15H22ClN3O6. The van der Waals surface area contributed by atoms with E-state index >= 15 is 0 Å². The predicted octanol–water partition coefficient (Wildman–Crippen LogP) is 0.681. The number of rotatable bonds is 7. The Kier molecular flexibility index (Phi) is 8.39. The van der Waals surface area contributed by atoms with Crippen LogP contribution in [-0.4, -0.2) is 57.4 Å². The molecule has 1 aromatic carbocycles. The molecule has 1 aliphatic heterocycles. The van der Waals surface area contributed by atoms with E-state index in [1.807, 2.05) is 0 Å². The first kappa shape index (κ1) is 20.9. The van der Waals surface area contributed by atoms with Crippen molar-refractivity contribution in [2.45, 2.75) is 12.5 Å². The van der Waals surface area contributed by atoms with Crippen molar-refractivity contribution >= 4 is 24.0 Å². The van der Waals surface area contributed by atoms with Crippen molar-refractivity contribution in [2.75, 3.05) is 40.5 Å². The molecule has 1 unspecified atom stereocenters. The highest BCUT2D eigenvalue weighted by atomic mass is 35.5. The third-order valence-electron chi connectivity index (χ3n) is 3.71. The van der Waals surface area contributed by atoms with Gasteiger partial charge in [-0.05, 0) is 12.5 Å². The summed E-state index contributed by atoms with van der Waals surface area (Å²) in [7, 11) is 2.88. The number of hydrogen-bond acceptors (Lipinski definition) is 7. The van der Waals surface area contributed by atoms with Crippen molar-refractivity contribution in [3.63, 3.8) is 0 Å².